The average molecular weight is 183 g/mol. The van der Waals surface area contributed by atoms with Gasteiger partial charge in [0.15, 0.2) is 0 Å². The molecule has 2 nitrogen and oxygen atoms in total. The van der Waals surface area contributed by atoms with Crippen LogP contribution in [-0.4, -0.2) is 20.2 Å². The summed E-state index contributed by atoms with van der Waals surface area (Å²) in [6.45, 7) is 1.53. The quantitative estimate of drug-likeness (QED) is 0.703. The minimum absolute atomic E-state index is 0.258. The zero-order valence-electron chi connectivity index (χ0n) is 7.72. The van der Waals surface area contributed by atoms with E-state index in [0.29, 0.717) is 12.4 Å². The Labute approximate surface area is 77.7 Å². The number of ether oxygens (including phenoxy) is 1. The molecule has 0 aliphatic heterocycles. The number of hydrogen-bond donors (Lipinski definition) is 1. The van der Waals surface area contributed by atoms with Crippen LogP contribution in [0.2, 0.25) is 0 Å². The van der Waals surface area contributed by atoms with Crippen LogP contribution in [0.4, 0.5) is 4.39 Å². The van der Waals surface area contributed by atoms with Gasteiger partial charge in [-0.15, -0.1) is 0 Å². The van der Waals surface area contributed by atoms with E-state index in [4.69, 9.17) is 4.74 Å². The first-order chi connectivity index (χ1) is 6.33. The lowest BCUT2D eigenvalue weighted by atomic mass is 10.3. The lowest BCUT2D eigenvalue weighted by molar-refractivity contribution is 0.308. The van der Waals surface area contributed by atoms with Gasteiger partial charge in [0.2, 0.25) is 0 Å². The summed E-state index contributed by atoms with van der Waals surface area (Å²) in [5, 5.41) is 3.01. The van der Waals surface area contributed by atoms with Gasteiger partial charge in [-0.3, -0.25) is 0 Å². The maximum atomic E-state index is 12.7. The first-order valence-corrected chi connectivity index (χ1v) is 4.36. The molecule has 1 N–H and O–H groups in total. The smallest absolute Gasteiger partial charge is 0.126 e. The molecule has 0 aliphatic rings. The highest BCUT2D eigenvalue weighted by Gasteiger charge is 1.94. The summed E-state index contributed by atoms with van der Waals surface area (Å²) in [6, 6.07) is 6.19. The fourth-order valence-electron chi connectivity index (χ4n) is 0.996. The van der Waals surface area contributed by atoms with Gasteiger partial charge in [-0.2, -0.15) is 0 Å². The Balaban J connectivity index is 2.28. The number of benzene rings is 1. The van der Waals surface area contributed by atoms with Gasteiger partial charge >= 0.3 is 0 Å². The van der Waals surface area contributed by atoms with E-state index >= 15 is 0 Å². The van der Waals surface area contributed by atoms with Crippen molar-refractivity contribution in [1.29, 1.82) is 0 Å². The third kappa shape index (κ3) is 3.90. The second kappa shape index (κ2) is 5.54. The molecule has 3 heteroatoms. The largest absolute Gasteiger partial charge is 0.493 e. The van der Waals surface area contributed by atoms with Gasteiger partial charge in [0.25, 0.3) is 0 Å². The summed E-state index contributed by atoms with van der Waals surface area (Å²) < 4.78 is 18.0. The van der Waals surface area contributed by atoms with Crippen LogP contribution in [0.1, 0.15) is 6.42 Å². The molecule has 0 radical (unpaired) electrons. The molecule has 0 aromatic heterocycles. The molecule has 1 aromatic carbocycles. The van der Waals surface area contributed by atoms with Crippen LogP contribution < -0.4 is 10.1 Å². The van der Waals surface area contributed by atoms with Gasteiger partial charge in [-0.1, -0.05) is 6.07 Å². The van der Waals surface area contributed by atoms with E-state index < -0.39 is 0 Å². The third-order valence-corrected chi connectivity index (χ3v) is 1.64. The lowest BCUT2D eigenvalue weighted by Gasteiger charge is -2.05. The fraction of sp³-hybridized carbons (Fsp3) is 0.400. The first kappa shape index (κ1) is 9.99. The number of nitrogens with one attached hydrogen (secondary N) is 1. The molecule has 0 atom stereocenters. The topological polar surface area (TPSA) is 21.3 Å². The zero-order chi connectivity index (χ0) is 9.52. The van der Waals surface area contributed by atoms with E-state index in [0.717, 1.165) is 13.0 Å². The molecule has 0 fully saturated rings. The van der Waals surface area contributed by atoms with Crippen molar-refractivity contribution in [2.45, 2.75) is 6.42 Å². The molecule has 0 saturated carbocycles. The van der Waals surface area contributed by atoms with Crippen molar-refractivity contribution >= 4 is 0 Å². The van der Waals surface area contributed by atoms with Crippen molar-refractivity contribution < 1.29 is 9.13 Å². The maximum absolute atomic E-state index is 12.7. The predicted octanol–water partition coefficient (Wildman–Crippen LogP) is 1.81. The van der Waals surface area contributed by atoms with Crippen molar-refractivity contribution in [3.05, 3.63) is 30.1 Å². The SMILES string of the molecule is CNCCCOc1cccc(F)c1. The monoisotopic (exact) mass is 183 g/mol. The molecular formula is C10H14FNO. The Morgan fingerprint density at radius 3 is 3.00 bits per heavy atom. The van der Waals surface area contributed by atoms with Gasteiger partial charge in [-0.05, 0) is 32.1 Å². The molecule has 0 aliphatic carbocycles. The number of halogens is 1. The molecule has 0 unspecified atom stereocenters. The fourth-order valence-corrected chi connectivity index (χ4v) is 0.996. The normalized spacial score (nSPS) is 10.0. The second-order valence-corrected chi connectivity index (χ2v) is 2.76. The third-order valence-electron chi connectivity index (χ3n) is 1.64. The van der Waals surface area contributed by atoms with Crippen LogP contribution in [0.5, 0.6) is 5.75 Å². The average Bonchev–Trinajstić information content (AvgIpc) is 2.13. The molecule has 0 spiro atoms. The minimum Gasteiger partial charge on any atom is -0.493 e. The van der Waals surface area contributed by atoms with Crippen LogP contribution in [0.15, 0.2) is 24.3 Å². The Morgan fingerprint density at radius 2 is 2.31 bits per heavy atom. The summed E-state index contributed by atoms with van der Waals surface area (Å²) in [5.74, 6) is 0.335. The molecular weight excluding hydrogens is 169 g/mol. The van der Waals surface area contributed by atoms with E-state index in [1.165, 1.54) is 12.1 Å². The van der Waals surface area contributed by atoms with E-state index in [1.807, 2.05) is 7.05 Å². The van der Waals surface area contributed by atoms with Crippen molar-refractivity contribution in [2.75, 3.05) is 20.2 Å². The Bertz CT molecular complexity index is 252. The Hall–Kier alpha value is -1.09. The lowest BCUT2D eigenvalue weighted by Crippen LogP contribution is -2.11. The second-order valence-electron chi connectivity index (χ2n) is 2.76. The molecule has 0 saturated heterocycles. The van der Waals surface area contributed by atoms with Crippen LogP contribution in [-0.2, 0) is 0 Å². The van der Waals surface area contributed by atoms with Crippen molar-refractivity contribution in [1.82, 2.24) is 5.32 Å². The summed E-state index contributed by atoms with van der Waals surface area (Å²) in [5.41, 5.74) is 0. The van der Waals surface area contributed by atoms with Gasteiger partial charge in [0.1, 0.15) is 11.6 Å². The van der Waals surface area contributed by atoms with Crippen LogP contribution >= 0.6 is 0 Å². The standard InChI is InChI=1S/C10H14FNO/c1-12-6-3-7-13-10-5-2-4-9(11)8-10/h2,4-5,8,12H,3,6-7H2,1H3. The van der Waals surface area contributed by atoms with Crippen molar-refractivity contribution in [2.24, 2.45) is 0 Å². The highest BCUT2D eigenvalue weighted by molar-refractivity contribution is 5.22. The Kier molecular flexibility index (Phi) is 4.26. The molecule has 72 valence electrons. The summed E-state index contributed by atoms with van der Waals surface area (Å²) in [4.78, 5) is 0. The first-order valence-electron chi connectivity index (χ1n) is 4.36. The summed E-state index contributed by atoms with van der Waals surface area (Å²) in [7, 11) is 1.89. The number of hydrogen-bond acceptors (Lipinski definition) is 2. The van der Waals surface area contributed by atoms with E-state index in [9.17, 15) is 4.39 Å². The van der Waals surface area contributed by atoms with Gasteiger partial charge in [0, 0.05) is 6.07 Å². The molecule has 1 rings (SSSR count). The predicted molar refractivity (Wildman–Crippen MR) is 50.4 cm³/mol. The van der Waals surface area contributed by atoms with Crippen molar-refractivity contribution in [3.8, 4) is 5.75 Å². The summed E-state index contributed by atoms with van der Waals surface area (Å²) >= 11 is 0. The summed E-state index contributed by atoms with van der Waals surface area (Å²) in [6.07, 6.45) is 0.924. The highest BCUT2D eigenvalue weighted by Crippen LogP contribution is 2.11. The number of rotatable bonds is 5. The maximum Gasteiger partial charge on any atom is 0.126 e. The minimum atomic E-state index is -0.258. The van der Waals surface area contributed by atoms with E-state index in [1.54, 1.807) is 12.1 Å². The van der Waals surface area contributed by atoms with Crippen LogP contribution in [0, 0.1) is 5.82 Å². The molecule has 0 amide bonds. The van der Waals surface area contributed by atoms with Crippen LogP contribution in [0.25, 0.3) is 0 Å². The highest BCUT2D eigenvalue weighted by atomic mass is 19.1. The van der Waals surface area contributed by atoms with Gasteiger partial charge in [0.05, 0.1) is 6.61 Å². The Morgan fingerprint density at radius 1 is 1.46 bits per heavy atom. The molecule has 1 aromatic rings. The van der Waals surface area contributed by atoms with Crippen LogP contribution in [0.3, 0.4) is 0 Å². The van der Waals surface area contributed by atoms with Crippen molar-refractivity contribution in [3.63, 3.8) is 0 Å². The van der Waals surface area contributed by atoms with E-state index in [2.05, 4.69) is 5.32 Å². The zero-order valence-corrected chi connectivity index (χ0v) is 7.72. The van der Waals surface area contributed by atoms with Gasteiger partial charge in [-0.25, -0.2) is 4.39 Å². The van der Waals surface area contributed by atoms with E-state index in [-0.39, 0.29) is 5.82 Å². The molecule has 0 heterocycles. The molecule has 0 bridgehead atoms. The van der Waals surface area contributed by atoms with Gasteiger partial charge < -0.3 is 10.1 Å². The molecule has 13 heavy (non-hydrogen) atoms.